The Labute approximate surface area is 91.0 Å². The molecule has 0 aliphatic heterocycles. The molecule has 0 saturated carbocycles. The molecule has 0 radical (unpaired) electrons. The van der Waals surface area contributed by atoms with Crippen molar-refractivity contribution in [3.05, 3.63) is 54.2 Å². The van der Waals surface area contributed by atoms with E-state index in [9.17, 15) is 9.18 Å². The van der Waals surface area contributed by atoms with Crippen LogP contribution in [0.4, 0.5) is 10.1 Å². The predicted molar refractivity (Wildman–Crippen MR) is 56.1 cm³/mol. The molecule has 1 aromatic carbocycles. The predicted octanol–water partition coefficient (Wildman–Crippen LogP) is 1.94. The first kappa shape index (κ1) is 10.4. The number of hydrogen-bond acceptors (Lipinski definition) is 3. The number of carbonyl (C=O) groups is 1. The van der Waals surface area contributed by atoms with Crippen LogP contribution in [0.5, 0.6) is 0 Å². The lowest BCUT2D eigenvalue weighted by molar-refractivity contribution is 0.0960. The highest BCUT2D eigenvalue weighted by Crippen LogP contribution is 2.14. The number of nitrogens with two attached hydrogens (primary N) is 1. The van der Waals surface area contributed by atoms with E-state index in [0.29, 0.717) is 5.69 Å². The minimum atomic E-state index is -0.489. The van der Waals surface area contributed by atoms with E-state index in [-0.39, 0.29) is 11.6 Å². The van der Waals surface area contributed by atoms with Crippen molar-refractivity contribution in [3.63, 3.8) is 0 Å². The van der Waals surface area contributed by atoms with Gasteiger partial charge < -0.3 is 4.42 Å². The Bertz CT molecular complexity index is 479. The molecule has 1 aromatic heterocycles. The van der Waals surface area contributed by atoms with Gasteiger partial charge in [0.05, 0.1) is 12.0 Å². The maximum atomic E-state index is 12.7. The first-order valence-corrected chi connectivity index (χ1v) is 4.57. The van der Waals surface area contributed by atoms with Crippen molar-refractivity contribution in [2.75, 3.05) is 5.01 Å². The summed E-state index contributed by atoms with van der Waals surface area (Å²) < 4.78 is 17.6. The minimum Gasteiger partial charge on any atom is -0.459 e. The number of anilines is 1. The van der Waals surface area contributed by atoms with Crippen molar-refractivity contribution >= 4 is 11.6 Å². The Morgan fingerprint density at radius 2 is 1.94 bits per heavy atom. The van der Waals surface area contributed by atoms with E-state index in [1.165, 1.54) is 36.6 Å². The van der Waals surface area contributed by atoms with E-state index in [2.05, 4.69) is 0 Å². The smallest absolute Gasteiger partial charge is 0.308 e. The fourth-order valence-electron chi connectivity index (χ4n) is 1.24. The zero-order valence-corrected chi connectivity index (χ0v) is 8.26. The molecule has 2 aromatic rings. The van der Waals surface area contributed by atoms with Gasteiger partial charge in [-0.15, -0.1) is 0 Å². The van der Waals surface area contributed by atoms with Gasteiger partial charge in [-0.25, -0.2) is 15.2 Å². The largest absolute Gasteiger partial charge is 0.459 e. The number of nitrogens with zero attached hydrogens (tertiary/aromatic N) is 1. The van der Waals surface area contributed by atoms with Crippen LogP contribution in [0.1, 0.15) is 10.6 Å². The molecule has 1 amide bonds. The Balaban J connectivity index is 2.22. The average Bonchev–Trinajstić information content (AvgIpc) is 2.81. The molecule has 16 heavy (non-hydrogen) atoms. The van der Waals surface area contributed by atoms with Crippen molar-refractivity contribution in [2.45, 2.75) is 0 Å². The van der Waals surface area contributed by atoms with Crippen molar-refractivity contribution in [3.8, 4) is 0 Å². The summed E-state index contributed by atoms with van der Waals surface area (Å²) in [5, 5.41) is 0.901. The topological polar surface area (TPSA) is 59.5 Å². The van der Waals surface area contributed by atoms with Gasteiger partial charge in [0, 0.05) is 0 Å². The minimum absolute atomic E-state index is 0.131. The van der Waals surface area contributed by atoms with Crippen LogP contribution in [0.25, 0.3) is 0 Å². The SMILES string of the molecule is NN(C(=O)c1ccco1)c1ccc(F)cc1. The summed E-state index contributed by atoms with van der Waals surface area (Å²) in [6.45, 7) is 0. The lowest BCUT2D eigenvalue weighted by atomic mass is 10.3. The van der Waals surface area contributed by atoms with Crippen molar-refractivity contribution in [1.29, 1.82) is 0 Å². The first-order valence-electron chi connectivity index (χ1n) is 4.57. The van der Waals surface area contributed by atoms with Gasteiger partial charge in [-0.2, -0.15) is 0 Å². The molecule has 0 atom stereocenters. The standard InChI is InChI=1S/C11H9FN2O2/c12-8-3-5-9(6-4-8)14(13)11(15)10-2-1-7-16-10/h1-7H,13H2. The van der Waals surface area contributed by atoms with E-state index in [1.807, 2.05) is 0 Å². The molecule has 0 saturated heterocycles. The third-order valence-electron chi connectivity index (χ3n) is 2.06. The van der Waals surface area contributed by atoms with E-state index in [4.69, 9.17) is 10.3 Å². The highest BCUT2D eigenvalue weighted by atomic mass is 19.1. The molecular weight excluding hydrogens is 211 g/mol. The third-order valence-corrected chi connectivity index (χ3v) is 2.06. The van der Waals surface area contributed by atoms with E-state index >= 15 is 0 Å². The fourth-order valence-corrected chi connectivity index (χ4v) is 1.24. The second-order valence-corrected chi connectivity index (χ2v) is 3.13. The van der Waals surface area contributed by atoms with Crippen molar-refractivity contribution < 1.29 is 13.6 Å². The summed E-state index contributed by atoms with van der Waals surface area (Å²) >= 11 is 0. The van der Waals surface area contributed by atoms with Gasteiger partial charge in [0.25, 0.3) is 0 Å². The Morgan fingerprint density at radius 1 is 1.25 bits per heavy atom. The second kappa shape index (κ2) is 4.16. The molecule has 0 spiro atoms. The molecule has 2 N–H and O–H groups in total. The fraction of sp³-hybridized carbons (Fsp3) is 0. The summed E-state index contributed by atoms with van der Waals surface area (Å²) in [7, 11) is 0. The molecule has 0 aliphatic carbocycles. The Kier molecular flexibility index (Phi) is 2.70. The molecule has 4 nitrogen and oxygen atoms in total. The number of amides is 1. The molecule has 2 rings (SSSR count). The highest BCUT2D eigenvalue weighted by Gasteiger charge is 2.16. The van der Waals surface area contributed by atoms with Gasteiger partial charge >= 0.3 is 5.91 Å². The maximum Gasteiger partial charge on any atom is 0.308 e. The van der Waals surface area contributed by atoms with Gasteiger partial charge in [0.1, 0.15) is 5.82 Å². The maximum absolute atomic E-state index is 12.7. The van der Waals surface area contributed by atoms with Crippen LogP contribution in [-0.4, -0.2) is 5.91 Å². The second-order valence-electron chi connectivity index (χ2n) is 3.13. The van der Waals surface area contributed by atoms with Crippen LogP contribution in [0.3, 0.4) is 0 Å². The van der Waals surface area contributed by atoms with Crippen LogP contribution in [0.15, 0.2) is 47.1 Å². The van der Waals surface area contributed by atoms with E-state index in [1.54, 1.807) is 6.07 Å². The molecule has 1 heterocycles. The number of furan rings is 1. The average molecular weight is 220 g/mol. The van der Waals surface area contributed by atoms with Crippen LogP contribution in [-0.2, 0) is 0 Å². The number of halogens is 1. The third kappa shape index (κ3) is 1.94. The number of benzene rings is 1. The molecule has 5 heteroatoms. The Morgan fingerprint density at radius 3 is 2.50 bits per heavy atom. The molecular formula is C11H9FN2O2. The van der Waals surface area contributed by atoms with Crippen molar-refractivity contribution in [2.24, 2.45) is 5.84 Å². The lowest BCUT2D eigenvalue weighted by Crippen LogP contribution is -2.37. The zero-order chi connectivity index (χ0) is 11.5. The normalized spacial score (nSPS) is 10.1. The zero-order valence-electron chi connectivity index (χ0n) is 8.26. The molecule has 0 bridgehead atoms. The summed E-state index contributed by atoms with van der Waals surface area (Å²) in [4.78, 5) is 11.7. The quantitative estimate of drug-likeness (QED) is 0.478. The van der Waals surface area contributed by atoms with Crippen LogP contribution < -0.4 is 10.9 Å². The monoisotopic (exact) mass is 220 g/mol. The first-order chi connectivity index (χ1) is 7.68. The van der Waals surface area contributed by atoms with Crippen LogP contribution >= 0.6 is 0 Å². The summed E-state index contributed by atoms with van der Waals surface area (Å²) in [5.41, 5.74) is 0.391. The van der Waals surface area contributed by atoms with Gasteiger partial charge in [0.2, 0.25) is 0 Å². The van der Waals surface area contributed by atoms with Gasteiger partial charge in [-0.1, -0.05) is 0 Å². The summed E-state index contributed by atoms with van der Waals surface area (Å²) in [6, 6.07) is 8.37. The lowest BCUT2D eigenvalue weighted by Gasteiger charge is -2.14. The van der Waals surface area contributed by atoms with Gasteiger partial charge in [-0.05, 0) is 36.4 Å². The number of hydrogen-bond donors (Lipinski definition) is 1. The van der Waals surface area contributed by atoms with Crippen LogP contribution in [0.2, 0.25) is 0 Å². The number of hydrazine groups is 1. The summed E-state index contributed by atoms with van der Waals surface area (Å²) in [5.74, 6) is 4.84. The highest BCUT2D eigenvalue weighted by molar-refractivity contribution is 6.03. The van der Waals surface area contributed by atoms with Crippen LogP contribution in [0, 0.1) is 5.82 Å². The number of carbonyl (C=O) groups excluding carboxylic acids is 1. The molecule has 0 aliphatic rings. The van der Waals surface area contributed by atoms with E-state index in [0.717, 1.165) is 5.01 Å². The molecule has 0 fully saturated rings. The number of rotatable bonds is 2. The molecule has 82 valence electrons. The molecule has 0 unspecified atom stereocenters. The van der Waals surface area contributed by atoms with Gasteiger partial charge in [-0.3, -0.25) is 4.79 Å². The van der Waals surface area contributed by atoms with E-state index < -0.39 is 5.91 Å². The summed E-state index contributed by atoms with van der Waals surface area (Å²) in [6.07, 6.45) is 1.38. The van der Waals surface area contributed by atoms with Crippen molar-refractivity contribution in [1.82, 2.24) is 0 Å². The van der Waals surface area contributed by atoms with Gasteiger partial charge in [0.15, 0.2) is 5.76 Å². The Hall–Kier alpha value is -2.14.